The van der Waals surface area contributed by atoms with Crippen molar-refractivity contribution >= 4 is 12.0 Å². The Bertz CT molecular complexity index is 649. The van der Waals surface area contributed by atoms with E-state index in [2.05, 4.69) is 0 Å². The fourth-order valence-corrected chi connectivity index (χ4v) is 2.46. The second-order valence-electron chi connectivity index (χ2n) is 5.85. The van der Waals surface area contributed by atoms with Gasteiger partial charge < -0.3 is 25.2 Å². The fourth-order valence-electron chi connectivity index (χ4n) is 2.46. The molecule has 1 aromatic rings. The summed E-state index contributed by atoms with van der Waals surface area (Å²) in [4.78, 5) is 12.3. The summed E-state index contributed by atoms with van der Waals surface area (Å²) in [6.07, 6.45) is 5.18. The van der Waals surface area contributed by atoms with E-state index in [1.165, 1.54) is 12.1 Å². The zero-order valence-corrected chi connectivity index (χ0v) is 13.4. The number of fused-ring (bicyclic) bond motifs is 1. The Balaban J connectivity index is 2.36. The Morgan fingerprint density at radius 1 is 1.17 bits per heavy atom. The van der Waals surface area contributed by atoms with E-state index in [1.54, 1.807) is 25.2 Å². The number of esters is 1. The molecule has 4 N–H and O–H groups in total. The third-order valence-electron chi connectivity index (χ3n) is 3.77. The molecular formula is C18H22O6. The van der Waals surface area contributed by atoms with Gasteiger partial charge in [0, 0.05) is 12.5 Å². The average Bonchev–Trinajstić information content (AvgIpc) is 2.49. The van der Waals surface area contributed by atoms with Crippen molar-refractivity contribution in [1.29, 1.82) is 0 Å². The number of hydrogen-bond donors (Lipinski definition) is 4. The van der Waals surface area contributed by atoms with Crippen molar-refractivity contribution in [2.45, 2.75) is 44.5 Å². The van der Waals surface area contributed by atoms with Crippen LogP contribution in [0.3, 0.4) is 0 Å². The van der Waals surface area contributed by atoms with Crippen LogP contribution in [-0.4, -0.2) is 44.7 Å². The second kappa shape index (κ2) is 7.99. The minimum Gasteiger partial charge on any atom is -0.508 e. The van der Waals surface area contributed by atoms with E-state index in [-0.39, 0.29) is 17.1 Å². The largest absolute Gasteiger partial charge is 0.508 e. The molecule has 130 valence electrons. The number of hydrogen-bond acceptors (Lipinski definition) is 6. The highest BCUT2D eigenvalue weighted by Crippen LogP contribution is 2.29. The average molecular weight is 334 g/mol. The van der Waals surface area contributed by atoms with E-state index in [1.807, 2.05) is 0 Å². The van der Waals surface area contributed by atoms with E-state index in [0.717, 1.165) is 6.07 Å². The maximum Gasteiger partial charge on any atom is 0.342 e. The molecule has 0 bridgehead atoms. The maximum absolute atomic E-state index is 12.3. The normalized spacial score (nSPS) is 25.6. The predicted molar refractivity (Wildman–Crippen MR) is 88.7 cm³/mol. The first kappa shape index (κ1) is 18.0. The number of rotatable bonds is 0. The molecule has 0 saturated carbocycles. The molecule has 6 heteroatoms. The first-order valence-electron chi connectivity index (χ1n) is 7.84. The molecule has 24 heavy (non-hydrogen) atoms. The van der Waals surface area contributed by atoms with E-state index >= 15 is 0 Å². The summed E-state index contributed by atoms with van der Waals surface area (Å²) in [7, 11) is 0. The lowest BCUT2D eigenvalue weighted by molar-refractivity contribution is 0.0337. The standard InChI is InChI=1S/C18H22O6/c1-11-5-4-8-15(21)14(20)7-3-2-6-12-9-13(19)10-16(22)17(12)18(23)24-11/h2,4,6,8-11,14-15,19-22H,3,5,7H2,1H3/t11-,14+,15+/m1/s1. The van der Waals surface area contributed by atoms with Crippen LogP contribution in [0.25, 0.3) is 6.08 Å². The van der Waals surface area contributed by atoms with Crippen molar-refractivity contribution in [2.75, 3.05) is 0 Å². The Hall–Kier alpha value is -2.31. The first-order chi connectivity index (χ1) is 11.4. The molecule has 1 aliphatic rings. The van der Waals surface area contributed by atoms with Gasteiger partial charge in [0.2, 0.25) is 0 Å². The number of aromatic hydroxyl groups is 2. The summed E-state index contributed by atoms with van der Waals surface area (Å²) >= 11 is 0. The van der Waals surface area contributed by atoms with Gasteiger partial charge >= 0.3 is 5.97 Å². The lowest BCUT2D eigenvalue weighted by atomic mass is 10.0. The predicted octanol–water partition coefficient (Wildman–Crippen LogP) is 2.12. The van der Waals surface area contributed by atoms with E-state index in [4.69, 9.17) is 4.74 Å². The summed E-state index contributed by atoms with van der Waals surface area (Å²) in [5.41, 5.74) is 0.310. The molecule has 2 rings (SSSR count). The minimum absolute atomic E-state index is 0.0162. The van der Waals surface area contributed by atoms with Gasteiger partial charge in [-0.25, -0.2) is 4.79 Å². The second-order valence-corrected chi connectivity index (χ2v) is 5.85. The first-order valence-corrected chi connectivity index (χ1v) is 7.84. The molecular weight excluding hydrogens is 312 g/mol. The molecule has 1 aromatic carbocycles. The quantitative estimate of drug-likeness (QED) is 0.428. The molecule has 0 spiro atoms. The number of cyclic esters (lactones) is 1. The zero-order chi connectivity index (χ0) is 17.7. The molecule has 3 atom stereocenters. The number of phenols is 2. The van der Waals surface area contributed by atoms with E-state index in [9.17, 15) is 25.2 Å². The molecule has 0 unspecified atom stereocenters. The zero-order valence-electron chi connectivity index (χ0n) is 13.4. The Morgan fingerprint density at radius 3 is 2.67 bits per heavy atom. The molecule has 0 aromatic heterocycles. The van der Waals surface area contributed by atoms with Gasteiger partial charge in [0.1, 0.15) is 23.2 Å². The molecule has 6 nitrogen and oxygen atoms in total. The SMILES string of the molecule is C[C@@H]1CC=C[C@H](O)[C@@H](O)CCC=Cc2cc(O)cc(O)c2C(=O)O1. The molecule has 0 aliphatic carbocycles. The van der Waals surface area contributed by atoms with Crippen molar-refractivity contribution in [3.8, 4) is 11.5 Å². The number of phenolic OH excluding ortho intramolecular Hbond substituents is 2. The lowest BCUT2D eigenvalue weighted by Crippen LogP contribution is -2.23. The van der Waals surface area contributed by atoms with Gasteiger partial charge in [0.15, 0.2) is 0 Å². The van der Waals surface area contributed by atoms with Crippen LogP contribution >= 0.6 is 0 Å². The highest BCUT2D eigenvalue weighted by molar-refractivity contribution is 5.97. The third kappa shape index (κ3) is 4.59. The van der Waals surface area contributed by atoms with Crippen molar-refractivity contribution in [3.63, 3.8) is 0 Å². The van der Waals surface area contributed by atoms with Crippen molar-refractivity contribution in [1.82, 2.24) is 0 Å². The number of ether oxygens (including phenoxy) is 1. The molecule has 0 amide bonds. The summed E-state index contributed by atoms with van der Waals surface area (Å²) < 4.78 is 5.29. The van der Waals surface area contributed by atoms with Crippen molar-refractivity contribution in [2.24, 2.45) is 0 Å². The topological polar surface area (TPSA) is 107 Å². The Kier molecular flexibility index (Phi) is 6.00. The van der Waals surface area contributed by atoms with Gasteiger partial charge in [-0.2, -0.15) is 0 Å². The highest BCUT2D eigenvalue weighted by atomic mass is 16.5. The Labute approximate surface area is 140 Å². The van der Waals surface area contributed by atoms with Crippen LogP contribution in [0.1, 0.15) is 42.1 Å². The molecule has 0 fully saturated rings. The van der Waals surface area contributed by atoms with Crippen LogP contribution in [0.15, 0.2) is 30.4 Å². The van der Waals surface area contributed by atoms with Crippen molar-refractivity contribution < 1.29 is 30.0 Å². The Morgan fingerprint density at radius 2 is 1.92 bits per heavy atom. The van der Waals surface area contributed by atoms with E-state index < -0.39 is 24.3 Å². The van der Waals surface area contributed by atoms with Crippen LogP contribution in [0.4, 0.5) is 0 Å². The number of allylic oxidation sites excluding steroid dienone is 1. The number of benzene rings is 1. The molecule has 0 saturated heterocycles. The van der Waals surface area contributed by atoms with Gasteiger partial charge in [-0.15, -0.1) is 0 Å². The third-order valence-corrected chi connectivity index (χ3v) is 3.77. The summed E-state index contributed by atoms with van der Waals surface area (Å²) in [6.45, 7) is 1.68. The van der Waals surface area contributed by atoms with Crippen LogP contribution < -0.4 is 0 Å². The lowest BCUT2D eigenvalue weighted by Gasteiger charge is -2.16. The smallest absolute Gasteiger partial charge is 0.342 e. The molecule has 0 radical (unpaired) electrons. The molecule has 1 heterocycles. The number of carbonyl (C=O) groups excluding carboxylic acids is 1. The van der Waals surface area contributed by atoms with Crippen molar-refractivity contribution in [3.05, 3.63) is 41.5 Å². The van der Waals surface area contributed by atoms with E-state index in [0.29, 0.717) is 24.8 Å². The summed E-state index contributed by atoms with van der Waals surface area (Å²) in [5.74, 6) is -1.22. The summed E-state index contributed by atoms with van der Waals surface area (Å²) in [6, 6.07) is 2.44. The van der Waals surface area contributed by atoms with Gasteiger partial charge in [-0.05, 0) is 31.4 Å². The van der Waals surface area contributed by atoms with Crippen LogP contribution in [-0.2, 0) is 4.74 Å². The van der Waals surface area contributed by atoms with Gasteiger partial charge in [0.25, 0.3) is 0 Å². The highest BCUT2D eigenvalue weighted by Gasteiger charge is 2.20. The summed E-state index contributed by atoms with van der Waals surface area (Å²) in [5, 5.41) is 39.3. The van der Waals surface area contributed by atoms with Gasteiger partial charge in [-0.3, -0.25) is 0 Å². The maximum atomic E-state index is 12.3. The number of aliphatic hydroxyl groups excluding tert-OH is 2. The van der Waals surface area contributed by atoms with Crippen LogP contribution in [0, 0.1) is 0 Å². The van der Waals surface area contributed by atoms with Gasteiger partial charge in [-0.1, -0.05) is 24.3 Å². The minimum atomic E-state index is -0.982. The monoisotopic (exact) mass is 334 g/mol. The number of aliphatic hydroxyl groups is 2. The van der Waals surface area contributed by atoms with Crippen LogP contribution in [0.2, 0.25) is 0 Å². The van der Waals surface area contributed by atoms with Gasteiger partial charge in [0.05, 0.1) is 12.2 Å². The molecule has 1 aliphatic heterocycles. The fraction of sp³-hybridized carbons (Fsp3) is 0.389. The van der Waals surface area contributed by atoms with Crippen LogP contribution in [0.5, 0.6) is 11.5 Å². The number of carbonyl (C=O) groups is 1.